The average molecular weight is 321 g/mol. The molecule has 3 N–H and O–H groups in total. The number of nitrogens with two attached hydrogens (primary N) is 1. The molecule has 0 atom stereocenters. The van der Waals surface area contributed by atoms with Crippen molar-refractivity contribution in [3.8, 4) is 0 Å². The van der Waals surface area contributed by atoms with Crippen molar-refractivity contribution in [2.45, 2.75) is 20.4 Å². The molecule has 0 unspecified atom stereocenters. The number of nitrogens with zero attached hydrogens (tertiary/aromatic N) is 3. The Morgan fingerprint density at radius 1 is 1.43 bits per heavy atom. The molecule has 3 aromatic rings. The molecule has 8 heteroatoms. The van der Waals surface area contributed by atoms with Crippen molar-refractivity contribution in [2.24, 2.45) is 7.05 Å². The van der Waals surface area contributed by atoms with Crippen LogP contribution >= 0.6 is 22.7 Å². The van der Waals surface area contributed by atoms with Crippen LogP contribution in [-0.4, -0.2) is 20.7 Å². The maximum atomic E-state index is 12.3. The van der Waals surface area contributed by atoms with E-state index in [-0.39, 0.29) is 5.91 Å². The molecular weight excluding hydrogens is 306 g/mol. The third-order valence-corrected chi connectivity index (χ3v) is 5.36. The predicted molar refractivity (Wildman–Crippen MR) is 85.8 cm³/mol. The van der Waals surface area contributed by atoms with E-state index in [4.69, 9.17) is 5.73 Å². The number of nitrogens with one attached hydrogen (secondary N) is 1. The number of anilines is 1. The van der Waals surface area contributed by atoms with Crippen LogP contribution in [0.1, 0.15) is 25.3 Å². The minimum Gasteiger partial charge on any atom is -0.397 e. The second-order valence-corrected chi connectivity index (χ2v) is 7.08. The smallest absolute Gasteiger partial charge is 0.263 e. The highest BCUT2D eigenvalue weighted by molar-refractivity contribution is 7.21. The lowest BCUT2D eigenvalue weighted by Crippen LogP contribution is -2.22. The van der Waals surface area contributed by atoms with Crippen molar-refractivity contribution in [1.82, 2.24) is 20.1 Å². The first-order valence-electron chi connectivity index (χ1n) is 6.38. The van der Waals surface area contributed by atoms with Crippen LogP contribution in [-0.2, 0) is 13.6 Å². The third-order valence-electron chi connectivity index (χ3n) is 3.18. The van der Waals surface area contributed by atoms with Gasteiger partial charge in [0.15, 0.2) is 0 Å². The van der Waals surface area contributed by atoms with E-state index in [1.165, 1.54) is 11.3 Å². The zero-order valence-corrected chi connectivity index (χ0v) is 13.6. The number of rotatable bonds is 3. The van der Waals surface area contributed by atoms with E-state index in [0.29, 0.717) is 17.1 Å². The first-order valence-corrected chi connectivity index (χ1v) is 8.01. The molecule has 0 aliphatic carbocycles. The van der Waals surface area contributed by atoms with Gasteiger partial charge in [-0.2, -0.15) is 5.10 Å². The molecule has 0 spiro atoms. The molecule has 110 valence electrons. The summed E-state index contributed by atoms with van der Waals surface area (Å²) in [5.74, 6) is -0.154. The summed E-state index contributed by atoms with van der Waals surface area (Å²) in [6.07, 6.45) is 1.78. The number of amides is 1. The highest BCUT2D eigenvalue weighted by Crippen LogP contribution is 2.35. The van der Waals surface area contributed by atoms with E-state index < -0.39 is 0 Å². The van der Waals surface area contributed by atoms with Crippen LogP contribution in [0.3, 0.4) is 0 Å². The summed E-state index contributed by atoms with van der Waals surface area (Å²) in [7, 11) is 1.85. The van der Waals surface area contributed by atoms with Gasteiger partial charge in [0.25, 0.3) is 5.91 Å². The van der Waals surface area contributed by atoms with Gasteiger partial charge in [-0.15, -0.1) is 22.7 Å². The summed E-state index contributed by atoms with van der Waals surface area (Å²) in [5, 5.41) is 9.07. The van der Waals surface area contributed by atoms with Crippen LogP contribution in [0.25, 0.3) is 10.2 Å². The van der Waals surface area contributed by atoms with Crippen molar-refractivity contribution in [2.75, 3.05) is 5.73 Å². The highest BCUT2D eigenvalue weighted by atomic mass is 32.1. The molecule has 0 bridgehead atoms. The Morgan fingerprint density at radius 3 is 2.81 bits per heavy atom. The van der Waals surface area contributed by atoms with Crippen molar-refractivity contribution >= 4 is 44.5 Å². The van der Waals surface area contributed by atoms with Gasteiger partial charge in [-0.1, -0.05) is 0 Å². The van der Waals surface area contributed by atoms with Crippen molar-refractivity contribution < 1.29 is 4.79 Å². The lowest BCUT2D eigenvalue weighted by atomic mass is 10.2. The fourth-order valence-electron chi connectivity index (χ4n) is 2.23. The number of hydrogen-bond acceptors (Lipinski definition) is 6. The van der Waals surface area contributed by atoms with E-state index in [0.717, 1.165) is 25.8 Å². The highest BCUT2D eigenvalue weighted by Gasteiger charge is 2.20. The number of nitrogen functional groups attached to an aromatic ring is 1. The van der Waals surface area contributed by atoms with Gasteiger partial charge in [-0.25, -0.2) is 4.98 Å². The van der Waals surface area contributed by atoms with Gasteiger partial charge in [-0.3, -0.25) is 9.48 Å². The topological polar surface area (TPSA) is 85.8 Å². The Bertz CT molecular complexity index is 829. The molecule has 21 heavy (non-hydrogen) atoms. The molecule has 0 fully saturated rings. The molecule has 6 nitrogen and oxygen atoms in total. The lowest BCUT2D eigenvalue weighted by molar-refractivity contribution is 0.0956. The van der Waals surface area contributed by atoms with Crippen molar-refractivity contribution in [3.05, 3.63) is 26.7 Å². The van der Waals surface area contributed by atoms with E-state index in [1.807, 2.05) is 20.9 Å². The first-order chi connectivity index (χ1) is 9.97. The second-order valence-electron chi connectivity index (χ2n) is 4.76. The Morgan fingerprint density at radius 2 is 2.19 bits per heavy atom. The zero-order chi connectivity index (χ0) is 15.1. The summed E-state index contributed by atoms with van der Waals surface area (Å²) in [5.41, 5.74) is 7.47. The van der Waals surface area contributed by atoms with Crippen LogP contribution < -0.4 is 11.1 Å². The number of carbonyl (C=O) groups is 1. The van der Waals surface area contributed by atoms with Crippen LogP contribution in [0.4, 0.5) is 5.69 Å². The summed E-state index contributed by atoms with van der Waals surface area (Å²) < 4.78 is 1.76. The fourth-order valence-corrected chi connectivity index (χ4v) is 4.07. The Labute approximate surface area is 129 Å². The summed E-state index contributed by atoms with van der Waals surface area (Å²) in [4.78, 5) is 19.0. The monoisotopic (exact) mass is 321 g/mol. The van der Waals surface area contributed by atoms with Gasteiger partial charge in [-0.05, 0) is 13.8 Å². The number of hydrogen-bond donors (Lipinski definition) is 2. The Kier molecular flexibility index (Phi) is 3.42. The molecule has 0 radical (unpaired) electrons. The molecule has 0 aliphatic rings. The maximum Gasteiger partial charge on any atom is 0.263 e. The van der Waals surface area contributed by atoms with Crippen molar-refractivity contribution in [1.29, 1.82) is 0 Å². The van der Waals surface area contributed by atoms with E-state index in [9.17, 15) is 4.79 Å². The summed E-state index contributed by atoms with van der Waals surface area (Å²) >= 11 is 2.94. The molecule has 0 saturated heterocycles. The van der Waals surface area contributed by atoms with E-state index in [2.05, 4.69) is 15.4 Å². The number of aryl methyl sites for hydroxylation is 3. The Balaban J connectivity index is 1.84. The number of carbonyl (C=O) groups excluding carboxylic acids is 1. The third kappa shape index (κ3) is 2.40. The van der Waals surface area contributed by atoms with Gasteiger partial charge in [0.2, 0.25) is 0 Å². The SMILES string of the molecule is Cc1ncc(CNC(=O)c2sc3c(c(C)nn3C)c2N)s1. The number of aromatic nitrogens is 3. The number of fused-ring (bicyclic) bond motifs is 1. The normalized spacial score (nSPS) is 11.2. The molecule has 3 aromatic heterocycles. The molecule has 0 saturated carbocycles. The molecule has 0 aromatic carbocycles. The van der Waals surface area contributed by atoms with Crippen LogP contribution in [0, 0.1) is 13.8 Å². The van der Waals surface area contributed by atoms with E-state index in [1.54, 1.807) is 22.2 Å². The molecular formula is C13H15N5OS2. The number of thiazole rings is 1. The average Bonchev–Trinajstić information content (AvgIpc) is 3.06. The largest absolute Gasteiger partial charge is 0.397 e. The molecule has 3 heterocycles. The van der Waals surface area contributed by atoms with Crippen LogP contribution in [0.2, 0.25) is 0 Å². The van der Waals surface area contributed by atoms with Gasteiger partial charge >= 0.3 is 0 Å². The van der Waals surface area contributed by atoms with Crippen LogP contribution in [0.5, 0.6) is 0 Å². The van der Waals surface area contributed by atoms with Gasteiger partial charge in [0, 0.05) is 18.1 Å². The lowest BCUT2D eigenvalue weighted by Gasteiger charge is -2.02. The standard InChI is InChI=1S/C13H15N5OS2/c1-6-9-10(14)11(21-13(9)18(3)17-6)12(19)16-5-8-4-15-7(2)20-8/h4H,5,14H2,1-3H3,(H,16,19). The van der Waals surface area contributed by atoms with Gasteiger partial charge in [0.05, 0.1) is 28.3 Å². The Hall–Kier alpha value is -1.93. The van der Waals surface area contributed by atoms with Gasteiger partial charge < -0.3 is 11.1 Å². The van der Waals surface area contributed by atoms with Crippen LogP contribution in [0.15, 0.2) is 6.20 Å². The minimum absolute atomic E-state index is 0.154. The first kappa shape index (κ1) is 14.0. The van der Waals surface area contributed by atoms with E-state index >= 15 is 0 Å². The number of thiophene rings is 1. The fraction of sp³-hybridized carbons (Fsp3) is 0.308. The molecule has 0 aliphatic heterocycles. The second kappa shape index (κ2) is 5.12. The quantitative estimate of drug-likeness (QED) is 0.774. The van der Waals surface area contributed by atoms with Gasteiger partial charge in [0.1, 0.15) is 9.71 Å². The predicted octanol–water partition coefficient (Wildman–Crippen LogP) is 2.22. The maximum absolute atomic E-state index is 12.3. The summed E-state index contributed by atoms with van der Waals surface area (Å²) in [6.45, 7) is 4.30. The minimum atomic E-state index is -0.154. The molecule has 3 rings (SSSR count). The zero-order valence-electron chi connectivity index (χ0n) is 11.9. The summed E-state index contributed by atoms with van der Waals surface area (Å²) in [6, 6.07) is 0. The molecule has 1 amide bonds. The van der Waals surface area contributed by atoms with Crippen molar-refractivity contribution in [3.63, 3.8) is 0 Å².